The molecule has 0 N–H and O–H groups in total. The normalized spacial score (nSPS) is 23.9. The van der Waals surface area contributed by atoms with Crippen molar-refractivity contribution in [1.82, 2.24) is 9.80 Å². The summed E-state index contributed by atoms with van der Waals surface area (Å²) in [5.74, 6) is -0.842. The van der Waals surface area contributed by atoms with Crippen LogP contribution in [-0.2, 0) is 9.59 Å². The van der Waals surface area contributed by atoms with Gasteiger partial charge in [-0.25, -0.2) is 0 Å². The van der Waals surface area contributed by atoms with E-state index in [1.54, 1.807) is 9.80 Å². The average molecular weight is 290 g/mol. The molecule has 0 aromatic carbocycles. The summed E-state index contributed by atoms with van der Waals surface area (Å²) in [5.41, 5.74) is 0. The molecule has 0 radical (unpaired) electrons. The van der Waals surface area contributed by atoms with E-state index >= 15 is 0 Å². The Balaban J connectivity index is 2.78. The van der Waals surface area contributed by atoms with E-state index in [0.29, 0.717) is 13.1 Å². The number of hydrogen-bond donors (Lipinski definition) is 2. The summed E-state index contributed by atoms with van der Waals surface area (Å²) in [6.45, 7) is 8.84. The van der Waals surface area contributed by atoms with Crippen molar-refractivity contribution in [2.24, 2.45) is 0 Å². The van der Waals surface area contributed by atoms with Crippen molar-refractivity contribution in [2.75, 3.05) is 13.1 Å². The van der Waals surface area contributed by atoms with Crippen LogP contribution in [0.2, 0.25) is 0 Å². The van der Waals surface area contributed by atoms with Gasteiger partial charge in [-0.3, -0.25) is 9.59 Å². The Kier molecular flexibility index (Phi) is 5.40. The van der Waals surface area contributed by atoms with E-state index in [1.165, 1.54) is 0 Å². The molecule has 1 rings (SSSR count). The first-order chi connectivity index (χ1) is 8.27. The van der Waals surface area contributed by atoms with Gasteiger partial charge in [-0.1, -0.05) is 13.8 Å². The molecule has 0 bridgehead atoms. The maximum Gasteiger partial charge on any atom is 0.312 e. The van der Waals surface area contributed by atoms with Gasteiger partial charge in [0.15, 0.2) is 0 Å². The monoisotopic (exact) mass is 290 g/mol. The number of carbonyl (C=O) groups is 2. The lowest BCUT2D eigenvalue weighted by Gasteiger charge is -2.41. The topological polar surface area (TPSA) is 40.6 Å². The highest BCUT2D eigenvalue weighted by Gasteiger charge is 2.38. The number of piperazine rings is 1. The lowest BCUT2D eigenvalue weighted by atomic mass is 10.1. The van der Waals surface area contributed by atoms with Gasteiger partial charge in [0.1, 0.15) is 0 Å². The zero-order valence-corrected chi connectivity index (χ0v) is 13.1. The van der Waals surface area contributed by atoms with E-state index in [-0.39, 0.29) is 22.6 Å². The van der Waals surface area contributed by atoms with Crippen LogP contribution in [0.15, 0.2) is 0 Å². The van der Waals surface area contributed by atoms with Crippen LogP contribution in [0.4, 0.5) is 0 Å². The first-order valence-corrected chi connectivity index (χ1v) is 7.28. The molecule has 2 amide bonds. The summed E-state index contributed by atoms with van der Waals surface area (Å²) < 4.78 is 0. The van der Waals surface area contributed by atoms with Crippen LogP contribution >= 0.6 is 25.3 Å². The molecular formula is C12H22N2O2S2. The van der Waals surface area contributed by atoms with E-state index in [4.69, 9.17) is 0 Å². The molecule has 104 valence electrons. The Morgan fingerprint density at radius 1 is 0.833 bits per heavy atom. The van der Waals surface area contributed by atoms with Gasteiger partial charge in [0.25, 0.3) is 0 Å². The lowest BCUT2D eigenvalue weighted by molar-refractivity contribution is -0.159. The smallest absolute Gasteiger partial charge is 0.312 e. The molecule has 1 saturated heterocycles. The van der Waals surface area contributed by atoms with Gasteiger partial charge < -0.3 is 9.80 Å². The predicted octanol–water partition coefficient (Wildman–Crippen LogP) is 1.07. The number of thiol groups is 2. The Bertz CT molecular complexity index is 302. The van der Waals surface area contributed by atoms with Crippen molar-refractivity contribution in [3.8, 4) is 0 Å². The molecule has 1 heterocycles. The van der Waals surface area contributed by atoms with Gasteiger partial charge in [-0.05, 0) is 13.8 Å². The molecule has 0 aliphatic carbocycles. The van der Waals surface area contributed by atoms with Crippen molar-refractivity contribution >= 4 is 37.1 Å². The molecule has 4 nitrogen and oxygen atoms in total. The molecule has 4 atom stereocenters. The van der Waals surface area contributed by atoms with E-state index in [0.717, 1.165) is 0 Å². The first-order valence-electron chi connectivity index (χ1n) is 6.25. The number of rotatable bonds is 4. The third-order valence-corrected chi connectivity index (χ3v) is 4.53. The van der Waals surface area contributed by atoms with Gasteiger partial charge in [-0.15, -0.1) is 0 Å². The van der Waals surface area contributed by atoms with Crippen LogP contribution in [-0.4, -0.2) is 57.3 Å². The Morgan fingerprint density at radius 3 is 1.33 bits per heavy atom. The van der Waals surface area contributed by atoms with Crippen LogP contribution in [0.3, 0.4) is 0 Å². The van der Waals surface area contributed by atoms with Crippen molar-refractivity contribution in [2.45, 2.75) is 50.3 Å². The summed E-state index contributed by atoms with van der Waals surface area (Å²) in [7, 11) is 0. The Labute approximate surface area is 120 Å². The standard InChI is InChI=1S/C12H22N2O2S2/c1-7(9(3)17)13-5-6-14(8(2)10(4)18)12(16)11(13)15/h7-10,17-18H,5-6H2,1-4H3. The maximum absolute atomic E-state index is 12.1. The third-order valence-electron chi connectivity index (χ3n) is 3.67. The largest absolute Gasteiger partial charge is 0.329 e. The van der Waals surface area contributed by atoms with Gasteiger partial charge in [0, 0.05) is 35.7 Å². The molecule has 4 unspecified atom stereocenters. The zero-order valence-electron chi connectivity index (χ0n) is 11.3. The molecule has 0 aromatic heterocycles. The van der Waals surface area contributed by atoms with Crippen molar-refractivity contribution < 1.29 is 9.59 Å². The molecule has 0 saturated carbocycles. The molecule has 0 aromatic rings. The van der Waals surface area contributed by atoms with Crippen molar-refractivity contribution in [1.29, 1.82) is 0 Å². The number of amides is 2. The van der Waals surface area contributed by atoms with Crippen molar-refractivity contribution in [3.05, 3.63) is 0 Å². The van der Waals surface area contributed by atoms with Crippen LogP contribution in [0, 0.1) is 0 Å². The fourth-order valence-corrected chi connectivity index (χ4v) is 2.28. The molecule has 0 spiro atoms. The predicted molar refractivity (Wildman–Crippen MR) is 79.2 cm³/mol. The van der Waals surface area contributed by atoms with Crippen LogP contribution in [0.5, 0.6) is 0 Å². The SMILES string of the molecule is CC(S)C(C)N1CCN(C(C)C(C)S)C(=O)C1=O. The van der Waals surface area contributed by atoms with Crippen LogP contribution in [0.25, 0.3) is 0 Å². The highest BCUT2D eigenvalue weighted by atomic mass is 32.1. The Morgan fingerprint density at radius 2 is 1.11 bits per heavy atom. The van der Waals surface area contributed by atoms with E-state index in [9.17, 15) is 9.59 Å². The van der Waals surface area contributed by atoms with Gasteiger partial charge in [0.2, 0.25) is 0 Å². The minimum atomic E-state index is -0.421. The average Bonchev–Trinajstić information content (AvgIpc) is 2.30. The molecule has 1 aliphatic rings. The minimum absolute atomic E-state index is 0.0318. The quantitative estimate of drug-likeness (QED) is 0.601. The lowest BCUT2D eigenvalue weighted by Crippen LogP contribution is -2.60. The zero-order chi connectivity index (χ0) is 14.0. The number of hydrogen-bond acceptors (Lipinski definition) is 4. The fourth-order valence-electron chi connectivity index (χ4n) is 1.96. The van der Waals surface area contributed by atoms with E-state index in [1.807, 2.05) is 27.7 Å². The first kappa shape index (κ1) is 15.7. The summed E-state index contributed by atoms with van der Waals surface area (Å²) in [6.07, 6.45) is 0. The summed E-state index contributed by atoms with van der Waals surface area (Å²) in [6, 6.07) is -0.0636. The molecule has 18 heavy (non-hydrogen) atoms. The van der Waals surface area contributed by atoms with Crippen LogP contribution < -0.4 is 0 Å². The molecule has 1 fully saturated rings. The van der Waals surface area contributed by atoms with Crippen LogP contribution in [0.1, 0.15) is 27.7 Å². The summed E-state index contributed by atoms with van der Waals surface area (Å²) >= 11 is 8.68. The molecule has 6 heteroatoms. The Hall–Kier alpha value is -0.360. The van der Waals surface area contributed by atoms with Gasteiger partial charge >= 0.3 is 11.8 Å². The highest BCUT2D eigenvalue weighted by Crippen LogP contribution is 2.18. The summed E-state index contributed by atoms with van der Waals surface area (Å²) in [5, 5.41) is 0.101. The highest BCUT2D eigenvalue weighted by molar-refractivity contribution is 7.81. The maximum atomic E-state index is 12.1. The van der Waals surface area contributed by atoms with Gasteiger partial charge in [-0.2, -0.15) is 25.3 Å². The number of carbonyl (C=O) groups excluding carboxylic acids is 2. The second-order valence-electron chi connectivity index (χ2n) is 4.96. The fraction of sp³-hybridized carbons (Fsp3) is 0.833. The second-order valence-corrected chi connectivity index (χ2v) is 6.59. The molecular weight excluding hydrogens is 268 g/mol. The van der Waals surface area contributed by atoms with Gasteiger partial charge in [0.05, 0.1) is 0 Å². The van der Waals surface area contributed by atoms with E-state index < -0.39 is 11.8 Å². The molecule has 1 aliphatic heterocycles. The van der Waals surface area contributed by atoms with E-state index in [2.05, 4.69) is 25.3 Å². The third kappa shape index (κ3) is 3.15. The summed E-state index contributed by atoms with van der Waals surface area (Å²) in [4.78, 5) is 27.4. The van der Waals surface area contributed by atoms with Crippen molar-refractivity contribution in [3.63, 3.8) is 0 Å². The number of nitrogens with zero attached hydrogens (tertiary/aromatic N) is 2. The minimum Gasteiger partial charge on any atom is -0.329 e. The second kappa shape index (κ2) is 6.19.